The summed E-state index contributed by atoms with van der Waals surface area (Å²) in [5, 5.41) is 4.17. The molecule has 4 rings (SSSR count). The first-order valence-electron chi connectivity index (χ1n) is 8.90. The standard InChI is InChI=1S/C17H24N6O2/c1-2-14-7-19-16(20-8-14)22-5-6-24-11-17(10-22)4-3-15(25-17)9-23-13-18-12-21-23/h7-8,12-13,15H,2-6,9-11H2,1H3/t15-,17-/m1/s1. The van der Waals surface area contributed by atoms with Gasteiger partial charge in [-0.15, -0.1) is 0 Å². The molecule has 8 nitrogen and oxygen atoms in total. The zero-order valence-corrected chi connectivity index (χ0v) is 14.5. The molecule has 134 valence electrons. The van der Waals surface area contributed by atoms with Crippen LogP contribution in [0.25, 0.3) is 0 Å². The lowest BCUT2D eigenvalue weighted by Crippen LogP contribution is -2.45. The first-order chi connectivity index (χ1) is 12.3. The molecule has 0 N–H and O–H groups in total. The molecule has 2 aromatic heterocycles. The average Bonchev–Trinajstić information content (AvgIpc) is 3.23. The molecule has 0 aromatic carbocycles. The van der Waals surface area contributed by atoms with E-state index in [0.29, 0.717) is 13.2 Å². The van der Waals surface area contributed by atoms with Crippen molar-refractivity contribution in [2.75, 3.05) is 31.2 Å². The van der Waals surface area contributed by atoms with E-state index in [4.69, 9.17) is 9.47 Å². The van der Waals surface area contributed by atoms with Crippen molar-refractivity contribution in [3.8, 4) is 0 Å². The number of aryl methyl sites for hydroxylation is 1. The highest BCUT2D eigenvalue weighted by Gasteiger charge is 2.43. The van der Waals surface area contributed by atoms with E-state index in [0.717, 1.165) is 50.4 Å². The van der Waals surface area contributed by atoms with Crippen molar-refractivity contribution in [2.24, 2.45) is 0 Å². The second-order valence-electron chi connectivity index (χ2n) is 6.80. The van der Waals surface area contributed by atoms with Gasteiger partial charge in [-0.25, -0.2) is 15.0 Å². The van der Waals surface area contributed by atoms with Gasteiger partial charge in [0.2, 0.25) is 5.95 Å². The molecule has 2 aliphatic rings. The molecule has 0 radical (unpaired) electrons. The monoisotopic (exact) mass is 344 g/mol. The molecule has 1 spiro atoms. The minimum absolute atomic E-state index is 0.133. The molecule has 4 heterocycles. The summed E-state index contributed by atoms with van der Waals surface area (Å²) < 4.78 is 14.1. The van der Waals surface area contributed by atoms with E-state index in [1.807, 2.05) is 17.1 Å². The Kier molecular flexibility index (Phi) is 4.63. The van der Waals surface area contributed by atoms with Gasteiger partial charge < -0.3 is 14.4 Å². The molecule has 0 amide bonds. The Labute approximate surface area is 147 Å². The molecule has 25 heavy (non-hydrogen) atoms. The molecule has 2 saturated heterocycles. The van der Waals surface area contributed by atoms with Crippen molar-refractivity contribution in [1.29, 1.82) is 0 Å². The predicted molar refractivity (Wildman–Crippen MR) is 91.3 cm³/mol. The maximum absolute atomic E-state index is 6.43. The molecule has 0 bridgehead atoms. The van der Waals surface area contributed by atoms with E-state index in [2.05, 4.69) is 31.9 Å². The smallest absolute Gasteiger partial charge is 0.225 e. The molecule has 0 unspecified atom stereocenters. The van der Waals surface area contributed by atoms with Crippen LogP contribution in [0.1, 0.15) is 25.3 Å². The Hall–Kier alpha value is -2.06. The summed E-state index contributed by atoms with van der Waals surface area (Å²) in [6, 6.07) is 0. The molecule has 0 aliphatic carbocycles. The van der Waals surface area contributed by atoms with Crippen LogP contribution >= 0.6 is 0 Å². The lowest BCUT2D eigenvalue weighted by atomic mass is 10.0. The lowest BCUT2D eigenvalue weighted by molar-refractivity contribution is -0.0807. The summed E-state index contributed by atoms with van der Waals surface area (Å²) in [5.41, 5.74) is 0.851. The number of hydrogen-bond acceptors (Lipinski definition) is 7. The fraction of sp³-hybridized carbons (Fsp3) is 0.647. The predicted octanol–water partition coefficient (Wildman–Crippen LogP) is 1.09. The Morgan fingerprint density at radius 2 is 2.20 bits per heavy atom. The third kappa shape index (κ3) is 3.64. The van der Waals surface area contributed by atoms with Crippen molar-refractivity contribution in [3.05, 3.63) is 30.6 Å². The van der Waals surface area contributed by atoms with Crippen LogP contribution in [0.15, 0.2) is 25.0 Å². The van der Waals surface area contributed by atoms with E-state index in [9.17, 15) is 0 Å². The Morgan fingerprint density at radius 1 is 1.32 bits per heavy atom. The molecule has 0 saturated carbocycles. The molecule has 8 heteroatoms. The third-order valence-electron chi connectivity index (χ3n) is 4.93. The van der Waals surface area contributed by atoms with Gasteiger partial charge in [0.15, 0.2) is 0 Å². The maximum atomic E-state index is 6.43. The SMILES string of the molecule is CCc1cnc(N2CCOC[C@@]3(CC[C@H](Cn4cncn4)O3)C2)nc1. The highest BCUT2D eigenvalue weighted by molar-refractivity contribution is 5.31. The third-order valence-corrected chi connectivity index (χ3v) is 4.93. The van der Waals surface area contributed by atoms with Gasteiger partial charge in [-0.1, -0.05) is 6.92 Å². The van der Waals surface area contributed by atoms with Crippen LogP contribution in [0.5, 0.6) is 0 Å². The second kappa shape index (κ2) is 7.05. The van der Waals surface area contributed by atoms with Crippen LogP contribution in [-0.4, -0.2) is 62.7 Å². The van der Waals surface area contributed by atoms with Crippen molar-refractivity contribution >= 4 is 5.95 Å². The van der Waals surface area contributed by atoms with E-state index in [1.54, 1.807) is 12.7 Å². The fourth-order valence-corrected chi connectivity index (χ4v) is 3.55. The van der Waals surface area contributed by atoms with Gasteiger partial charge in [0, 0.05) is 18.9 Å². The van der Waals surface area contributed by atoms with Crippen LogP contribution in [0.2, 0.25) is 0 Å². The molecular formula is C17H24N6O2. The van der Waals surface area contributed by atoms with Gasteiger partial charge in [-0.3, -0.25) is 4.68 Å². The second-order valence-corrected chi connectivity index (χ2v) is 6.80. The molecule has 2 aliphatic heterocycles. The highest BCUT2D eigenvalue weighted by atomic mass is 16.6. The number of ether oxygens (including phenoxy) is 2. The average molecular weight is 344 g/mol. The quantitative estimate of drug-likeness (QED) is 0.821. The van der Waals surface area contributed by atoms with Gasteiger partial charge in [-0.05, 0) is 24.8 Å². The largest absolute Gasteiger partial charge is 0.377 e. The first kappa shape index (κ1) is 16.4. The van der Waals surface area contributed by atoms with Crippen LogP contribution in [0.4, 0.5) is 5.95 Å². The maximum Gasteiger partial charge on any atom is 0.225 e. The molecule has 2 fully saturated rings. The Bertz CT molecular complexity index is 677. The van der Waals surface area contributed by atoms with Crippen LogP contribution < -0.4 is 4.90 Å². The molecule has 2 aromatic rings. The van der Waals surface area contributed by atoms with Crippen molar-refractivity contribution in [3.63, 3.8) is 0 Å². The molecule has 2 atom stereocenters. The summed E-state index contributed by atoms with van der Waals surface area (Å²) >= 11 is 0. The van der Waals surface area contributed by atoms with Crippen LogP contribution in [0, 0.1) is 0 Å². The van der Waals surface area contributed by atoms with E-state index in [-0.39, 0.29) is 11.7 Å². The number of hydrogen-bond donors (Lipinski definition) is 0. The van der Waals surface area contributed by atoms with Crippen molar-refractivity contribution in [2.45, 2.75) is 44.4 Å². The van der Waals surface area contributed by atoms with Gasteiger partial charge in [-0.2, -0.15) is 5.10 Å². The zero-order valence-electron chi connectivity index (χ0n) is 14.5. The van der Waals surface area contributed by atoms with Gasteiger partial charge in [0.25, 0.3) is 0 Å². The fourth-order valence-electron chi connectivity index (χ4n) is 3.55. The minimum Gasteiger partial charge on any atom is -0.377 e. The van der Waals surface area contributed by atoms with Gasteiger partial charge >= 0.3 is 0 Å². The number of rotatable bonds is 4. The lowest BCUT2D eigenvalue weighted by Gasteiger charge is -2.32. The Balaban J connectivity index is 1.46. The minimum atomic E-state index is -0.297. The van der Waals surface area contributed by atoms with Crippen LogP contribution in [-0.2, 0) is 22.4 Å². The topological polar surface area (TPSA) is 78.2 Å². The van der Waals surface area contributed by atoms with Gasteiger partial charge in [0.05, 0.1) is 32.4 Å². The van der Waals surface area contributed by atoms with Crippen molar-refractivity contribution in [1.82, 2.24) is 24.7 Å². The van der Waals surface area contributed by atoms with E-state index < -0.39 is 0 Å². The van der Waals surface area contributed by atoms with Crippen molar-refractivity contribution < 1.29 is 9.47 Å². The van der Waals surface area contributed by atoms with E-state index >= 15 is 0 Å². The molecular weight excluding hydrogens is 320 g/mol. The Morgan fingerprint density at radius 3 is 2.96 bits per heavy atom. The van der Waals surface area contributed by atoms with Crippen LogP contribution in [0.3, 0.4) is 0 Å². The summed E-state index contributed by atoms with van der Waals surface area (Å²) in [7, 11) is 0. The summed E-state index contributed by atoms with van der Waals surface area (Å²) in [6.45, 7) is 5.65. The number of nitrogens with zero attached hydrogens (tertiary/aromatic N) is 6. The number of aromatic nitrogens is 5. The normalized spacial score (nSPS) is 26.9. The first-order valence-corrected chi connectivity index (χ1v) is 8.90. The summed E-state index contributed by atoms with van der Waals surface area (Å²) in [5.74, 6) is 0.755. The number of anilines is 1. The summed E-state index contributed by atoms with van der Waals surface area (Å²) in [6.07, 6.45) is 10.1. The van der Waals surface area contributed by atoms with Gasteiger partial charge in [0.1, 0.15) is 18.3 Å². The summed E-state index contributed by atoms with van der Waals surface area (Å²) in [4.78, 5) is 15.2. The van der Waals surface area contributed by atoms with E-state index in [1.165, 1.54) is 0 Å². The zero-order chi connectivity index (χ0) is 17.1. The highest BCUT2D eigenvalue weighted by Crippen LogP contribution is 2.34.